The summed E-state index contributed by atoms with van der Waals surface area (Å²) in [5.74, 6) is 0.332. The molecule has 0 saturated carbocycles. The second-order valence-electron chi connectivity index (χ2n) is 7.56. The van der Waals surface area contributed by atoms with Crippen LogP contribution in [0.4, 0.5) is 5.69 Å². The van der Waals surface area contributed by atoms with Gasteiger partial charge in [-0.05, 0) is 48.6 Å². The number of hydrogen-bond donors (Lipinski definition) is 0. The van der Waals surface area contributed by atoms with Crippen LogP contribution in [0.5, 0.6) is 0 Å². The third kappa shape index (κ3) is 4.43. The lowest BCUT2D eigenvalue weighted by Crippen LogP contribution is -2.42. The number of piperidine rings is 1. The minimum absolute atomic E-state index is 0.100. The number of amides is 1. The van der Waals surface area contributed by atoms with Gasteiger partial charge in [-0.3, -0.25) is 14.9 Å². The smallest absolute Gasteiger partial charge is 0.289 e. The van der Waals surface area contributed by atoms with Crippen LogP contribution >= 0.6 is 11.6 Å². The molecule has 7 nitrogen and oxygen atoms in total. The Bertz CT molecular complexity index is 1060. The van der Waals surface area contributed by atoms with E-state index in [0.29, 0.717) is 24.9 Å². The van der Waals surface area contributed by atoms with Crippen LogP contribution in [0.2, 0.25) is 5.02 Å². The van der Waals surface area contributed by atoms with Gasteiger partial charge in [-0.25, -0.2) is 8.42 Å². The molecule has 0 radical (unpaired) electrons. The highest BCUT2D eigenvalue weighted by atomic mass is 35.5. The van der Waals surface area contributed by atoms with Crippen molar-refractivity contribution in [2.75, 3.05) is 13.1 Å². The Morgan fingerprint density at radius 2 is 1.79 bits per heavy atom. The first-order chi connectivity index (χ1) is 13.6. The van der Waals surface area contributed by atoms with Gasteiger partial charge in [0.15, 0.2) is 0 Å². The van der Waals surface area contributed by atoms with E-state index < -0.39 is 25.3 Å². The molecular weight excluding hydrogens is 416 g/mol. The number of nitro groups is 1. The molecule has 1 aliphatic heterocycles. The second-order valence-corrected chi connectivity index (χ2v) is 9.91. The number of carbonyl (C=O) groups is 1. The number of rotatable bonds is 4. The summed E-state index contributed by atoms with van der Waals surface area (Å²) in [6.45, 7) is 5.25. The molecule has 29 heavy (non-hydrogen) atoms. The fourth-order valence-corrected chi connectivity index (χ4v) is 5.50. The number of hydrogen-bond acceptors (Lipinski definition) is 5. The molecule has 0 bridgehead atoms. The molecule has 2 atom stereocenters. The van der Waals surface area contributed by atoms with E-state index >= 15 is 0 Å². The molecule has 2 aromatic rings. The Balaban J connectivity index is 2.02. The summed E-state index contributed by atoms with van der Waals surface area (Å²) in [7, 11) is -4.17. The van der Waals surface area contributed by atoms with Crippen molar-refractivity contribution in [3.05, 3.63) is 63.2 Å². The lowest BCUT2D eigenvalue weighted by atomic mass is 9.91. The average molecular weight is 437 g/mol. The molecule has 0 N–H and O–H groups in total. The fourth-order valence-electron chi connectivity index (χ4n) is 3.79. The maximum atomic E-state index is 12.9. The standard InChI is InChI=1S/C20H21ClN2O5S/c1-13-8-14(2)12-22(11-13)20(24)15-6-7-19(18(9-15)23(25)26)29(27,28)17-5-3-4-16(21)10-17/h3-7,9-10,13-14H,8,11-12H2,1-2H3. The number of nitro benzene ring substituents is 1. The molecule has 0 aromatic heterocycles. The topological polar surface area (TPSA) is 97.6 Å². The third-order valence-electron chi connectivity index (χ3n) is 4.95. The Morgan fingerprint density at radius 3 is 2.38 bits per heavy atom. The number of sulfone groups is 1. The van der Waals surface area contributed by atoms with E-state index in [4.69, 9.17) is 11.6 Å². The number of likely N-dealkylation sites (tertiary alicyclic amines) is 1. The van der Waals surface area contributed by atoms with Gasteiger partial charge in [-0.2, -0.15) is 0 Å². The van der Waals surface area contributed by atoms with Crippen LogP contribution in [-0.4, -0.2) is 37.2 Å². The number of carbonyl (C=O) groups excluding carboxylic acids is 1. The van der Waals surface area contributed by atoms with Gasteiger partial charge in [-0.15, -0.1) is 0 Å². The van der Waals surface area contributed by atoms with E-state index in [-0.39, 0.29) is 21.4 Å². The maximum Gasteiger partial charge on any atom is 0.289 e. The molecule has 1 aliphatic rings. The van der Waals surface area contributed by atoms with E-state index in [0.717, 1.165) is 18.6 Å². The molecule has 1 amide bonds. The van der Waals surface area contributed by atoms with E-state index in [1.165, 1.54) is 30.3 Å². The van der Waals surface area contributed by atoms with Crippen molar-refractivity contribution in [3.8, 4) is 0 Å². The first-order valence-corrected chi connectivity index (χ1v) is 11.0. The van der Waals surface area contributed by atoms with Gasteiger partial charge in [0.05, 0.1) is 9.82 Å². The number of benzene rings is 2. The van der Waals surface area contributed by atoms with E-state index in [1.807, 2.05) is 0 Å². The molecule has 0 aliphatic carbocycles. The van der Waals surface area contributed by atoms with Crippen LogP contribution in [0, 0.1) is 22.0 Å². The van der Waals surface area contributed by atoms with Gasteiger partial charge >= 0.3 is 0 Å². The number of halogens is 1. The summed E-state index contributed by atoms with van der Waals surface area (Å²) in [5, 5.41) is 11.8. The highest BCUT2D eigenvalue weighted by molar-refractivity contribution is 7.91. The van der Waals surface area contributed by atoms with Gasteiger partial charge < -0.3 is 4.90 Å². The first kappa shape index (κ1) is 21.3. The van der Waals surface area contributed by atoms with Crippen molar-refractivity contribution >= 4 is 33.0 Å². The molecule has 2 aromatic carbocycles. The zero-order chi connectivity index (χ0) is 21.3. The molecule has 1 heterocycles. The van der Waals surface area contributed by atoms with Gasteiger partial charge in [0.1, 0.15) is 4.90 Å². The Morgan fingerprint density at radius 1 is 1.14 bits per heavy atom. The van der Waals surface area contributed by atoms with Crippen molar-refractivity contribution in [1.29, 1.82) is 0 Å². The van der Waals surface area contributed by atoms with Crippen LogP contribution in [-0.2, 0) is 9.84 Å². The summed E-state index contributed by atoms with van der Waals surface area (Å²) in [5.41, 5.74) is -0.531. The lowest BCUT2D eigenvalue weighted by molar-refractivity contribution is -0.387. The van der Waals surface area contributed by atoms with Gasteiger partial charge in [0.2, 0.25) is 9.84 Å². The van der Waals surface area contributed by atoms with E-state index in [2.05, 4.69) is 13.8 Å². The summed E-state index contributed by atoms with van der Waals surface area (Å²) >= 11 is 5.87. The largest absolute Gasteiger partial charge is 0.338 e. The molecule has 2 unspecified atom stereocenters. The highest BCUT2D eigenvalue weighted by Crippen LogP contribution is 2.32. The Labute approximate surface area is 174 Å². The molecular formula is C20H21ClN2O5S. The monoisotopic (exact) mass is 436 g/mol. The van der Waals surface area contributed by atoms with E-state index in [9.17, 15) is 23.3 Å². The van der Waals surface area contributed by atoms with Crippen molar-refractivity contribution in [3.63, 3.8) is 0 Å². The van der Waals surface area contributed by atoms with Crippen molar-refractivity contribution in [2.24, 2.45) is 11.8 Å². The molecule has 0 spiro atoms. The van der Waals surface area contributed by atoms with Gasteiger partial charge in [0.25, 0.3) is 11.6 Å². The Hall–Kier alpha value is -2.45. The quantitative estimate of drug-likeness (QED) is 0.528. The summed E-state index contributed by atoms with van der Waals surface area (Å²) in [6, 6.07) is 9.02. The average Bonchev–Trinajstić information content (AvgIpc) is 2.66. The minimum atomic E-state index is -4.17. The van der Waals surface area contributed by atoms with E-state index in [1.54, 1.807) is 4.90 Å². The third-order valence-corrected chi connectivity index (χ3v) is 6.99. The first-order valence-electron chi connectivity index (χ1n) is 9.18. The van der Waals surface area contributed by atoms with Crippen LogP contribution < -0.4 is 0 Å². The van der Waals surface area contributed by atoms with Crippen molar-refractivity contribution in [1.82, 2.24) is 4.90 Å². The predicted octanol–water partition coefficient (Wildman–Crippen LogP) is 4.20. The molecule has 1 fully saturated rings. The summed E-state index contributed by atoms with van der Waals surface area (Å²) < 4.78 is 25.8. The normalized spacial score (nSPS) is 19.8. The Kier molecular flexibility index (Phi) is 5.95. The maximum absolute atomic E-state index is 12.9. The van der Waals surface area contributed by atoms with Crippen molar-refractivity contribution in [2.45, 2.75) is 30.1 Å². The second kappa shape index (κ2) is 8.12. The van der Waals surface area contributed by atoms with Crippen LogP contribution in [0.1, 0.15) is 30.6 Å². The van der Waals surface area contributed by atoms with Crippen LogP contribution in [0.15, 0.2) is 52.3 Å². The summed E-state index contributed by atoms with van der Waals surface area (Å²) in [4.78, 5) is 24.8. The van der Waals surface area contributed by atoms with Gasteiger partial charge in [0, 0.05) is 29.7 Å². The zero-order valence-corrected chi connectivity index (χ0v) is 17.6. The van der Waals surface area contributed by atoms with Crippen LogP contribution in [0.3, 0.4) is 0 Å². The van der Waals surface area contributed by atoms with Crippen LogP contribution in [0.25, 0.3) is 0 Å². The lowest BCUT2D eigenvalue weighted by Gasteiger charge is -2.35. The van der Waals surface area contributed by atoms with Gasteiger partial charge in [-0.1, -0.05) is 31.5 Å². The minimum Gasteiger partial charge on any atom is -0.338 e. The zero-order valence-electron chi connectivity index (χ0n) is 16.0. The molecule has 9 heteroatoms. The SMILES string of the molecule is CC1CC(C)CN(C(=O)c2ccc(S(=O)(=O)c3cccc(Cl)c3)c([N+](=O)[O-])c2)C1. The fraction of sp³-hybridized carbons (Fsp3) is 0.350. The molecule has 154 valence electrons. The molecule has 1 saturated heterocycles. The molecule has 3 rings (SSSR count). The highest BCUT2D eigenvalue weighted by Gasteiger charge is 2.31. The number of nitrogens with zero attached hydrogens (tertiary/aromatic N) is 2. The van der Waals surface area contributed by atoms with Crippen molar-refractivity contribution < 1.29 is 18.1 Å². The summed E-state index contributed by atoms with van der Waals surface area (Å²) in [6.07, 6.45) is 1.01. The predicted molar refractivity (Wildman–Crippen MR) is 109 cm³/mol.